The third kappa shape index (κ3) is 2.93. The van der Waals surface area contributed by atoms with Crippen LogP contribution in [0.15, 0.2) is 34.4 Å². The van der Waals surface area contributed by atoms with Gasteiger partial charge < -0.3 is 10.5 Å². The van der Waals surface area contributed by atoms with Crippen molar-refractivity contribution in [1.82, 2.24) is 9.38 Å². The fourth-order valence-electron chi connectivity index (χ4n) is 2.11. The fraction of sp³-hybridized carbons (Fsp3) is 0.133. The lowest BCUT2D eigenvalue weighted by Gasteiger charge is -2.07. The zero-order chi connectivity index (χ0) is 16.6. The van der Waals surface area contributed by atoms with Gasteiger partial charge in [-0.3, -0.25) is 9.20 Å². The van der Waals surface area contributed by atoms with E-state index in [2.05, 4.69) is 4.98 Å². The van der Waals surface area contributed by atoms with E-state index in [1.54, 1.807) is 0 Å². The molecule has 0 radical (unpaired) electrons. The lowest BCUT2D eigenvalue weighted by molar-refractivity contribution is 0.0469. The molecule has 0 saturated heterocycles. The zero-order valence-corrected chi connectivity index (χ0v) is 12.9. The van der Waals surface area contributed by atoms with Gasteiger partial charge in [0, 0.05) is 22.8 Å². The normalized spacial score (nSPS) is 10.9. The van der Waals surface area contributed by atoms with Gasteiger partial charge in [0.1, 0.15) is 12.4 Å². The van der Waals surface area contributed by atoms with E-state index in [0.717, 1.165) is 17.8 Å². The first-order chi connectivity index (χ1) is 11.0. The van der Waals surface area contributed by atoms with E-state index in [0.29, 0.717) is 10.7 Å². The van der Waals surface area contributed by atoms with Crippen molar-refractivity contribution in [2.24, 2.45) is 0 Å². The van der Waals surface area contributed by atoms with Crippen molar-refractivity contribution in [3.8, 4) is 0 Å². The summed E-state index contributed by atoms with van der Waals surface area (Å²) in [5, 5.41) is 1.82. The number of anilines is 1. The highest BCUT2D eigenvalue weighted by Crippen LogP contribution is 2.16. The molecule has 2 heterocycles. The second-order valence-corrected chi connectivity index (χ2v) is 5.73. The maximum absolute atomic E-state index is 13.0. The van der Waals surface area contributed by atoms with Crippen LogP contribution >= 0.6 is 11.3 Å². The van der Waals surface area contributed by atoms with Gasteiger partial charge in [-0.25, -0.2) is 14.2 Å². The quantitative estimate of drug-likeness (QED) is 0.586. The van der Waals surface area contributed by atoms with E-state index < -0.39 is 11.8 Å². The van der Waals surface area contributed by atoms with Crippen molar-refractivity contribution in [1.29, 1.82) is 0 Å². The Bertz CT molecular complexity index is 964. The van der Waals surface area contributed by atoms with Crippen LogP contribution in [0.2, 0.25) is 0 Å². The van der Waals surface area contributed by atoms with E-state index in [9.17, 15) is 14.0 Å². The smallest absolute Gasteiger partial charge is 0.340 e. The Morgan fingerprint density at radius 2 is 2.22 bits per heavy atom. The van der Waals surface area contributed by atoms with Crippen LogP contribution in [0.1, 0.15) is 21.7 Å². The molecule has 3 rings (SSSR count). The molecule has 0 saturated carbocycles. The first-order valence-electron chi connectivity index (χ1n) is 6.64. The Morgan fingerprint density at radius 3 is 2.96 bits per heavy atom. The minimum Gasteiger partial charge on any atom is -0.456 e. The molecule has 0 fully saturated rings. The molecule has 1 aromatic carbocycles. The van der Waals surface area contributed by atoms with Crippen molar-refractivity contribution in [2.45, 2.75) is 13.5 Å². The molecule has 8 heteroatoms. The lowest BCUT2D eigenvalue weighted by Crippen LogP contribution is -2.16. The van der Waals surface area contributed by atoms with Gasteiger partial charge in [0.15, 0.2) is 4.96 Å². The van der Waals surface area contributed by atoms with Crippen LogP contribution < -0.4 is 11.3 Å². The molecule has 6 nitrogen and oxygen atoms in total. The molecule has 0 atom stereocenters. The van der Waals surface area contributed by atoms with Gasteiger partial charge in [-0.2, -0.15) is 0 Å². The second kappa shape index (κ2) is 5.81. The van der Waals surface area contributed by atoms with Crippen LogP contribution in [-0.2, 0) is 11.3 Å². The summed E-state index contributed by atoms with van der Waals surface area (Å²) in [6, 6.07) is 4.73. The maximum Gasteiger partial charge on any atom is 0.340 e. The molecule has 0 aliphatic carbocycles. The monoisotopic (exact) mass is 333 g/mol. The number of rotatable bonds is 3. The second-order valence-electron chi connectivity index (χ2n) is 4.89. The van der Waals surface area contributed by atoms with E-state index in [1.165, 1.54) is 27.9 Å². The van der Waals surface area contributed by atoms with Crippen LogP contribution in [0.4, 0.5) is 10.1 Å². The van der Waals surface area contributed by atoms with Crippen molar-refractivity contribution in [3.63, 3.8) is 0 Å². The highest BCUT2D eigenvalue weighted by Gasteiger charge is 2.13. The first kappa shape index (κ1) is 15.2. The molecular formula is C15H12FN3O3S. The third-order valence-electron chi connectivity index (χ3n) is 3.21. The molecule has 0 aliphatic rings. The number of aryl methyl sites for hydroxylation is 1. The van der Waals surface area contributed by atoms with Gasteiger partial charge >= 0.3 is 5.97 Å². The average Bonchev–Trinajstić information content (AvgIpc) is 2.86. The Hall–Kier alpha value is -2.74. The van der Waals surface area contributed by atoms with Gasteiger partial charge in [-0.05, 0) is 25.1 Å². The van der Waals surface area contributed by atoms with Gasteiger partial charge in [0.05, 0.1) is 11.3 Å². The summed E-state index contributed by atoms with van der Waals surface area (Å²) in [6.07, 6.45) is 0. The number of thiazole rings is 1. The zero-order valence-electron chi connectivity index (χ0n) is 12.1. The summed E-state index contributed by atoms with van der Waals surface area (Å²) < 4.78 is 19.6. The third-order valence-corrected chi connectivity index (χ3v) is 4.16. The number of carbonyl (C=O) groups excluding carboxylic acids is 1. The number of aromatic nitrogens is 2. The van der Waals surface area contributed by atoms with Gasteiger partial charge in [-0.1, -0.05) is 0 Å². The minimum atomic E-state index is -0.702. The molecule has 2 N–H and O–H groups in total. The average molecular weight is 333 g/mol. The van der Waals surface area contributed by atoms with Gasteiger partial charge in [0.25, 0.3) is 5.56 Å². The minimum absolute atomic E-state index is 0.00707. The fourth-order valence-corrected chi connectivity index (χ4v) is 3.00. The maximum atomic E-state index is 13.0. The number of esters is 1. The number of carbonyl (C=O) groups is 1. The summed E-state index contributed by atoms with van der Waals surface area (Å²) in [4.78, 5) is 28.8. The Kier molecular flexibility index (Phi) is 3.83. The topological polar surface area (TPSA) is 86.7 Å². The van der Waals surface area contributed by atoms with E-state index >= 15 is 0 Å². The summed E-state index contributed by atoms with van der Waals surface area (Å²) in [6.45, 7) is 1.64. The number of nitrogens with zero attached hydrogens (tertiary/aromatic N) is 2. The molecule has 0 spiro atoms. The summed E-state index contributed by atoms with van der Waals surface area (Å²) in [5.41, 5.74) is 6.54. The van der Waals surface area contributed by atoms with E-state index in [4.69, 9.17) is 10.5 Å². The number of halogens is 1. The van der Waals surface area contributed by atoms with E-state index in [-0.39, 0.29) is 23.4 Å². The Morgan fingerprint density at radius 1 is 1.43 bits per heavy atom. The predicted octanol–water partition coefficient (Wildman–Crippen LogP) is 2.14. The largest absolute Gasteiger partial charge is 0.456 e. The van der Waals surface area contributed by atoms with Crippen molar-refractivity contribution in [3.05, 3.63) is 62.8 Å². The van der Waals surface area contributed by atoms with Gasteiger partial charge in [-0.15, -0.1) is 11.3 Å². The van der Waals surface area contributed by atoms with Crippen LogP contribution in [0.5, 0.6) is 0 Å². The number of nitrogen functional groups attached to an aromatic ring is 1. The van der Waals surface area contributed by atoms with Crippen molar-refractivity contribution >= 4 is 28.0 Å². The number of nitrogens with two attached hydrogens (primary N) is 1. The summed E-state index contributed by atoms with van der Waals surface area (Å²) >= 11 is 1.33. The lowest BCUT2D eigenvalue weighted by atomic mass is 10.2. The van der Waals surface area contributed by atoms with Crippen LogP contribution in [0, 0.1) is 12.7 Å². The molecule has 2 aromatic heterocycles. The van der Waals surface area contributed by atoms with Crippen LogP contribution in [0.25, 0.3) is 4.96 Å². The molecule has 118 valence electrons. The number of hydrogen-bond donors (Lipinski definition) is 1. The molecular weight excluding hydrogens is 321 g/mol. The van der Waals surface area contributed by atoms with Gasteiger partial charge in [0.2, 0.25) is 0 Å². The van der Waals surface area contributed by atoms with Crippen LogP contribution in [-0.4, -0.2) is 15.4 Å². The molecule has 0 amide bonds. The predicted molar refractivity (Wildman–Crippen MR) is 84.0 cm³/mol. The number of hydrogen-bond acceptors (Lipinski definition) is 6. The van der Waals surface area contributed by atoms with E-state index in [1.807, 2.05) is 12.3 Å². The Labute approximate surface area is 134 Å². The van der Waals surface area contributed by atoms with Crippen LogP contribution in [0.3, 0.4) is 0 Å². The standard InChI is InChI=1S/C15H12FN3O3S/c1-8-7-23-15-18-10(5-13(20)19(8)15)6-22-14(21)11-3-2-9(16)4-12(11)17/h2-5,7H,6,17H2,1H3. The number of ether oxygens (including phenoxy) is 1. The molecule has 23 heavy (non-hydrogen) atoms. The first-order valence-corrected chi connectivity index (χ1v) is 7.52. The van der Waals surface area contributed by atoms with Crippen molar-refractivity contribution < 1.29 is 13.9 Å². The number of benzene rings is 1. The summed E-state index contributed by atoms with van der Waals surface area (Å²) in [7, 11) is 0. The number of fused-ring (bicyclic) bond motifs is 1. The summed E-state index contributed by atoms with van der Waals surface area (Å²) in [5.74, 6) is -1.24. The molecule has 0 unspecified atom stereocenters. The van der Waals surface area contributed by atoms with Crippen molar-refractivity contribution in [2.75, 3.05) is 5.73 Å². The molecule has 0 aliphatic heterocycles. The molecule has 3 aromatic rings. The highest BCUT2D eigenvalue weighted by molar-refractivity contribution is 7.15. The Balaban J connectivity index is 1.80. The highest BCUT2D eigenvalue weighted by atomic mass is 32.1. The molecule has 0 bridgehead atoms. The SMILES string of the molecule is Cc1csc2nc(COC(=O)c3ccc(F)cc3N)cc(=O)n12.